The maximum Gasteiger partial charge on any atom is 0.288 e. The summed E-state index contributed by atoms with van der Waals surface area (Å²) in [7, 11) is -3.46. The van der Waals surface area contributed by atoms with Crippen molar-refractivity contribution >= 4 is 34.3 Å². The first kappa shape index (κ1) is 12.4. The molecule has 1 rings (SSSR count). The average molecular weight is 339 g/mol. The van der Waals surface area contributed by atoms with Crippen molar-refractivity contribution in [2.45, 2.75) is 12.8 Å². The molecule has 0 spiro atoms. The summed E-state index contributed by atoms with van der Waals surface area (Å²) in [6, 6.07) is 9.43. The number of hydrogen-bond donors (Lipinski definition) is 1. The Morgan fingerprint density at radius 1 is 1.27 bits per heavy atom. The molecule has 0 aromatic heterocycles. The molecule has 4 nitrogen and oxygen atoms in total. The van der Waals surface area contributed by atoms with Crippen LogP contribution in [0.3, 0.4) is 0 Å². The van der Waals surface area contributed by atoms with Crippen LogP contribution in [0.15, 0.2) is 30.3 Å². The summed E-state index contributed by atoms with van der Waals surface area (Å²) in [5.74, 6) is -0.478. The Morgan fingerprint density at radius 2 is 1.87 bits per heavy atom. The van der Waals surface area contributed by atoms with E-state index in [0.717, 1.165) is 5.56 Å². The van der Waals surface area contributed by atoms with Crippen LogP contribution < -0.4 is 4.72 Å². The first-order valence-electron chi connectivity index (χ1n) is 4.26. The predicted molar refractivity (Wildman–Crippen MR) is 65.8 cm³/mol. The van der Waals surface area contributed by atoms with Crippen LogP contribution in [0.1, 0.15) is 12.0 Å². The molecule has 0 fully saturated rings. The fraction of sp³-hybridized carbons (Fsp3) is 0.222. The number of hydrogen-bond acceptors (Lipinski definition) is 3. The molecule has 0 radical (unpaired) electrons. The predicted octanol–water partition coefficient (Wildman–Crippen LogP) is 1.42. The number of benzene rings is 1. The Hall–Kier alpha value is -0.630. The van der Waals surface area contributed by atoms with Gasteiger partial charge in [-0.05, 0) is 12.0 Å². The first-order chi connectivity index (χ1) is 6.97. The highest BCUT2D eigenvalue weighted by molar-refractivity contribution is 14.2. The van der Waals surface area contributed by atoms with Gasteiger partial charge < -0.3 is 0 Å². The lowest BCUT2D eigenvalue weighted by Gasteiger charge is -2.01. The molecule has 1 N–H and O–H groups in total. The molecule has 0 aliphatic rings. The minimum atomic E-state index is -3.46. The number of amides is 1. The van der Waals surface area contributed by atoms with Gasteiger partial charge in [0.1, 0.15) is 0 Å². The van der Waals surface area contributed by atoms with E-state index in [1.165, 1.54) is 21.2 Å². The zero-order chi connectivity index (χ0) is 11.3. The Balaban J connectivity index is 2.42. The molecular formula is C9H10INO3S. The molecule has 1 amide bonds. The molecule has 1 aromatic carbocycles. The van der Waals surface area contributed by atoms with E-state index in [1.54, 1.807) is 0 Å². The third kappa shape index (κ3) is 5.73. The first-order valence-corrected chi connectivity index (χ1v) is 8.29. The fourth-order valence-electron chi connectivity index (χ4n) is 1.09. The van der Waals surface area contributed by atoms with Gasteiger partial charge >= 0.3 is 0 Å². The quantitative estimate of drug-likeness (QED) is 0.667. The van der Waals surface area contributed by atoms with Gasteiger partial charge in [0.2, 0.25) is 5.91 Å². The van der Waals surface area contributed by atoms with Crippen LogP contribution >= 0.6 is 21.2 Å². The molecule has 0 atom stereocenters. The van der Waals surface area contributed by atoms with Crippen LogP contribution in [0.5, 0.6) is 0 Å². The summed E-state index contributed by atoms with van der Waals surface area (Å²) in [4.78, 5) is 11.1. The third-order valence-corrected chi connectivity index (χ3v) is 2.85. The topological polar surface area (TPSA) is 63.2 Å². The summed E-state index contributed by atoms with van der Waals surface area (Å²) in [6.45, 7) is 0. The second kappa shape index (κ2) is 5.45. The van der Waals surface area contributed by atoms with Crippen molar-refractivity contribution in [3.63, 3.8) is 0 Å². The zero-order valence-corrected chi connectivity index (χ0v) is 10.8. The van der Waals surface area contributed by atoms with Gasteiger partial charge in [-0.15, -0.1) is 0 Å². The van der Waals surface area contributed by atoms with Crippen molar-refractivity contribution in [3.8, 4) is 0 Å². The molecular weight excluding hydrogens is 329 g/mol. The minimum absolute atomic E-state index is 0.173. The van der Waals surface area contributed by atoms with Gasteiger partial charge in [0.15, 0.2) is 0 Å². The van der Waals surface area contributed by atoms with Gasteiger partial charge in [0.25, 0.3) is 7.19 Å². The van der Waals surface area contributed by atoms with Gasteiger partial charge in [-0.25, -0.2) is 4.72 Å². The van der Waals surface area contributed by atoms with Gasteiger partial charge in [-0.1, -0.05) is 30.3 Å². The summed E-state index contributed by atoms with van der Waals surface area (Å²) < 4.78 is 23.3. The molecule has 0 bridgehead atoms. The molecule has 0 saturated heterocycles. The van der Waals surface area contributed by atoms with Gasteiger partial charge in [0, 0.05) is 6.42 Å². The normalized spacial score (nSPS) is 11.0. The van der Waals surface area contributed by atoms with E-state index in [2.05, 4.69) is 0 Å². The summed E-state index contributed by atoms with van der Waals surface area (Å²) in [5.41, 5.74) is 1.01. The van der Waals surface area contributed by atoms with Crippen molar-refractivity contribution < 1.29 is 13.2 Å². The smallest absolute Gasteiger partial charge is 0.274 e. The largest absolute Gasteiger partial charge is 0.288 e. The molecule has 15 heavy (non-hydrogen) atoms. The van der Waals surface area contributed by atoms with Crippen molar-refractivity contribution in [2.75, 3.05) is 0 Å². The van der Waals surface area contributed by atoms with Crippen LogP contribution in [0.2, 0.25) is 0 Å². The molecule has 6 heteroatoms. The highest BCUT2D eigenvalue weighted by atomic mass is 127. The SMILES string of the molecule is O=C(CCc1ccccc1)NS(=O)(=O)I. The molecule has 0 aliphatic heterocycles. The van der Waals surface area contributed by atoms with E-state index in [0.29, 0.717) is 6.42 Å². The number of rotatable bonds is 4. The standard InChI is InChI=1S/C9H10INO3S/c10-15(13,14)11-9(12)7-6-8-4-2-1-3-5-8/h1-5H,6-7H2,(H,11,12). The van der Waals surface area contributed by atoms with E-state index < -0.39 is 13.1 Å². The Kier molecular flexibility index (Phi) is 4.52. The Labute approximate surface area is 101 Å². The third-order valence-electron chi connectivity index (χ3n) is 1.72. The molecule has 0 saturated carbocycles. The van der Waals surface area contributed by atoms with E-state index in [1.807, 2.05) is 35.1 Å². The van der Waals surface area contributed by atoms with Gasteiger partial charge in [-0.2, -0.15) is 8.42 Å². The monoisotopic (exact) mass is 339 g/mol. The van der Waals surface area contributed by atoms with Crippen LogP contribution in [0.25, 0.3) is 0 Å². The lowest BCUT2D eigenvalue weighted by molar-refractivity contribution is -0.119. The number of carbonyl (C=O) groups is 1. The zero-order valence-electron chi connectivity index (χ0n) is 7.81. The van der Waals surface area contributed by atoms with E-state index >= 15 is 0 Å². The second-order valence-electron chi connectivity index (χ2n) is 2.95. The Morgan fingerprint density at radius 3 is 2.40 bits per heavy atom. The van der Waals surface area contributed by atoms with E-state index in [-0.39, 0.29) is 6.42 Å². The van der Waals surface area contributed by atoms with Gasteiger partial charge in [-0.3, -0.25) is 4.79 Å². The van der Waals surface area contributed by atoms with Crippen molar-refractivity contribution in [1.82, 2.24) is 4.72 Å². The van der Waals surface area contributed by atoms with Crippen LogP contribution in [0.4, 0.5) is 0 Å². The fourth-order valence-corrected chi connectivity index (χ4v) is 2.20. The second-order valence-corrected chi connectivity index (χ2v) is 7.51. The van der Waals surface area contributed by atoms with E-state index in [4.69, 9.17) is 0 Å². The van der Waals surface area contributed by atoms with Crippen LogP contribution in [-0.4, -0.2) is 14.3 Å². The number of nitrogens with one attached hydrogen (secondary N) is 1. The molecule has 82 valence electrons. The lowest BCUT2D eigenvalue weighted by Crippen LogP contribution is -2.26. The maximum absolute atomic E-state index is 11.1. The summed E-state index contributed by atoms with van der Waals surface area (Å²) in [5, 5.41) is 0. The summed E-state index contributed by atoms with van der Waals surface area (Å²) in [6.07, 6.45) is 0.713. The van der Waals surface area contributed by atoms with Crippen molar-refractivity contribution in [1.29, 1.82) is 0 Å². The molecule has 0 aliphatic carbocycles. The van der Waals surface area contributed by atoms with Crippen LogP contribution in [-0.2, 0) is 18.4 Å². The van der Waals surface area contributed by atoms with Crippen molar-refractivity contribution in [3.05, 3.63) is 35.9 Å². The number of aryl methyl sites for hydroxylation is 1. The van der Waals surface area contributed by atoms with Gasteiger partial charge in [0.05, 0.1) is 21.2 Å². The van der Waals surface area contributed by atoms with Crippen molar-refractivity contribution in [2.24, 2.45) is 0 Å². The number of carbonyl (C=O) groups excluding carboxylic acids is 1. The highest BCUT2D eigenvalue weighted by Gasteiger charge is 2.09. The molecule has 0 unspecified atom stereocenters. The average Bonchev–Trinajstić information content (AvgIpc) is 2.14. The van der Waals surface area contributed by atoms with E-state index in [9.17, 15) is 13.2 Å². The Bertz CT molecular complexity index is 430. The number of halogens is 1. The molecule has 1 aromatic rings. The summed E-state index contributed by atoms with van der Waals surface area (Å²) >= 11 is 1.19. The maximum atomic E-state index is 11.1. The minimum Gasteiger partial charge on any atom is -0.274 e. The molecule has 0 heterocycles. The lowest BCUT2D eigenvalue weighted by atomic mass is 10.1. The van der Waals surface area contributed by atoms with Crippen LogP contribution in [0, 0.1) is 0 Å². The highest BCUT2D eigenvalue weighted by Crippen LogP contribution is 2.03.